The quantitative estimate of drug-likeness (QED) is 0.273. The predicted molar refractivity (Wildman–Crippen MR) is 147 cm³/mol. The molecule has 40 heavy (non-hydrogen) atoms. The van der Waals surface area contributed by atoms with Gasteiger partial charge in [-0.1, -0.05) is 39.0 Å². The van der Waals surface area contributed by atoms with Gasteiger partial charge >= 0.3 is 12.1 Å². The molecular weight excluding hydrogens is 519 g/mol. The Morgan fingerprint density at radius 3 is 2.50 bits per heavy atom. The number of anilines is 2. The normalized spacial score (nSPS) is 16.4. The second kappa shape index (κ2) is 10.5. The number of nitrogens with zero attached hydrogens (tertiary/aromatic N) is 4. The molecule has 2 aromatic carbocycles. The van der Waals surface area contributed by atoms with Crippen molar-refractivity contribution in [3.05, 3.63) is 77.7 Å². The topological polar surface area (TPSA) is 91.2 Å². The zero-order chi connectivity index (χ0) is 28.7. The lowest BCUT2D eigenvalue weighted by molar-refractivity contribution is -0.142. The molecule has 1 atom stereocenters. The minimum absolute atomic E-state index is 0.0130. The van der Waals surface area contributed by atoms with Gasteiger partial charge in [-0.15, -0.1) is 0 Å². The molecule has 10 heteroatoms. The molecule has 0 spiro atoms. The van der Waals surface area contributed by atoms with E-state index < -0.39 is 23.8 Å². The fourth-order valence-electron chi connectivity index (χ4n) is 5.02. The molecule has 0 aliphatic carbocycles. The van der Waals surface area contributed by atoms with Gasteiger partial charge in [-0.2, -0.15) is 13.2 Å². The van der Waals surface area contributed by atoms with E-state index in [0.717, 1.165) is 18.2 Å². The van der Waals surface area contributed by atoms with Crippen LogP contribution in [0, 0.1) is 0 Å². The van der Waals surface area contributed by atoms with Gasteiger partial charge < -0.3 is 10.4 Å². The lowest BCUT2D eigenvalue weighted by atomic mass is 9.87. The number of rotatable bonds is 6. The number of halogens is 3. The Kier molecular flexibility index (Phi) is 7.22. The number of hydrogen-bond donors (Lipinski definition) is 2. The third-order valence-corrected chi connectivity index (χ3v) is 7.14. The van der Waals surface area contributed by atoms with Gasteiger partial charge in [0.2, 0.25) is 0 Å². The maximum Gasteiger partial charge on any atom is 0.418 e. The highest BCUT2D eigenvalue weighted by atomic mass is 19.4. The van der Waals surface area contributed by atoms with E-state index in [4.69, 9.17) is 4.98 Å². The lowest BCUT2D eigenvalue weighted by Gasteiger charge is -2.21. The van der Waals surface area contributed by atoms with Crippen LogP contribution in [0.4, 0.5) is 24.7 Å². The van der Waals surface area contributed by atoms with Crippen molar-refractivity contribution >= 4 is 28.4 Å². The molecule has 0 unspecified atom stereocenters. The number of aliphatic carboxylic acids is 1. The smallest absolute Gasteiger partial charge is 0.418 e. The molecule has 1 aliphatic heterocycles. The molecule has 1 saturated heterocycles. The van der Waals surface area contributed by atoms with E-state index in [1.807, 2.05) is 29.2 Å². The molecule has 0 radical (unpaired) electrons. The first-order valence-corrected chi connectivity index (χ1v) is 13.1. The van der Waals surface area contributed by atoms with Crippen LogP contribution in [0.5, 0.6) is 0 Å². The van der Waals surface area contributed by atoms with Gasteiger partial charge in [0.1, 0.15) is 17.7 Å². The minimum Gasteiger partial charge on any atom is -0.480 e. The second-order valence-electron chi connectivity index (χ2n) is 11.0. The monoisotopic (exact) mass is 549 g/mol. The molecule has 3 heterocycles. The average molecular weight is 550 g/mol. The van der Waals surface area contributed by atoms with Crippen LogP contribution in [0.1, 0.15) is 50.6 Å². The summed E-state index contributed by atoms with van der Waals surface area (Å²) in [7, 11) is 0. The number of likely N-dealkylation sites (tertiary alicyclic amines) is 1. The fourth-order valence-corrected chi connectivity index (χ4v) is 5.02. The van der Waals surface area contributed by atoms with E-state index in [0.29, 0.717) is 35.5 Å². The van der Waals surface area contributed by atoms with Gasteiger partial charge in [0, 0.05) is 22.8 Å². The molecule has 0 bridgehead atoms. The summed E-state index contributed by atoms with van der Waals surface area (Å²) < 4.78 is 41.2. The number of alkyl halides is 3. The maximum absolute atomic E-state index is 13.7. The second-order valence-corrected chi connectivity index (χ2v) is 11.0. The summed E-state index contributed by atoms with van der Waals surface area (Å²) in [5.41, 5.74) is 1.63. The van der Waals surface area contributed by atoms with Crippen LogP contribution < -0.4 is 5.32 Å². The Labute approximate surface area is 230 Å². The summed E-state index contributed by atoms with van der Waals surface area (Å²) in [4.78, 5) is 27.0. The van der Waals surface area contributed by atoms with Crippen molar-refractivity contribution in [1.82, 2.24) is 19.9 Å². The predicted octanol–water partition coefficient (Wildman–Crippen LogP) is 6.80. The highest BCUT2D eigenvalue weighted by molar-refractivity contribution is 5.93. The number of nitrogens with one attached hydrogen (secondary N) is 1. The van der Waals surface area contributed by atoms with E-state index in [1.54, 1.807) is 18.2 Å². The molecule has 0 amide bonds. The number of carbonyl (C=O) groups is 1. The van der Waals surface area contributed by atoms with Gasteiger partial charge in [-0.25, -0.2) is 9.97 Å². The molecule has 0 saturated carbocycles. The van der Waals surface area contributed by atoms with Crippen LogP contribution in [0.15, 0.2) is 60.8 Å². The van der Waals surface area contributed by atoms with E-state index in [1.165, 1.54) is 17.8 Å². The van der Waals surface area contributed by atoms with Crippen molar-refractivity contribution in [3.63, 3.8) is 0 Å². The lowest BCUT2D eigenvalue weighted by Crippen LogP contribution is -2.35. The van der Waals surface area contributed by atoms with Crippen molar-refractivity contribution in [2.75, 3.05) is 11.9 Å². The highest BCUT2D eigenvalue weighted by Crippen LogP contribution is 2.37. The van der Waals surface area contributed by atoms with Crippen molar-refractivity contribution < 1.29 is 23.1 Å². The van der Waals surface area contributed by atoms with E-state index in [9.17, 15) is 23.1 Å². The molecule has 2 aromatic heterocycles. The van der Waals surface area contributed by atoms with Crippen LogP contribution in [0.25, 0.3) is 22.2 Å². The van der Waals surface area contributed by atoms with Gasteiger partial charge in [-0.05, 0) is 66.8 Å². The van der Waals surface area contributed by atoms with Gasteiger partial charge in [0.05, 0.1) is 23.3 Å². The molecule has 2 N–H and O–H groups in total. The Balaban J connectivity index is 1.59. The Hall–Kier alpha value is -4.05. The first-order valence-electron chi connectivity index (χ1n) is 13.1. The van der Waals surface area contributed by atoms with Crippen molar-refractivity contribution in [2.45, 2.75) is 57.8 Å². The van der Waals surface area contributed by atoms with Crippen molar-refractivity contribution in [2.24, 2.45) is 0 Å². The number of pyridine rings is 1. The van der Waals surface area contributed by atoms with Gasteiger partial charge in [-0.3, -0.25) is 14.7 Å². The first kappa shape index (κ1) is 27.5. The summed E-state index contributed by atoms with van der Waals surface area (Å²) in [6.07, 6.45) is -1.95. The number of carboxylic acid groups (broad SMARTS) is 1. The number of hydrogen-bond acceptors (Lipinski definition) is 6. The molecule has 5 rings (SSSR count). The van der Waals surface area contributed by atoms with Gasteiger partial charge in [0.15, 0.2) is 0 Å². The Bertz CT molecular complexity index is 1550. The molecule has 1 aliphatic rings. The standard InChI is InChI=1S/C30H30F3N5O2/c1-29(2,3)19-9-11-20(12-10-19)35-27-21-13-8-18(26-22(30(31,32)33)6-4-14-34-26)16-23(21)36-25(37-27)17-38-15-5-7-24(38)28(39)40/h4,6,8-14,16,24H,5,7,15,17H2,1-3H3,(H,39,40)(H,35,36,37)/t24-/m1/s1. The summed E-state index contributed by atoms with van der Waals surface area (Å²) in [5, 5.41) is 13.6. The van der Waals surface area contributed by atoms with E-state index >= 15 is 0 Å². The van der Waals surface area contributed by atoms with Gasteiger partial charge in [0.25, 0.3) is 0 Å². The van der Waals surface area contributed by atoms with Crippen LogP contribution >= 0.6 is 0 Å². The molecular formula is C30H30F3N5O2. The fraction of sp³-hybridized carbons (Fsp3) is 0.333. The average Bonchev–Trinajstić information content (AvgIpc) is 3.36. The number of benzene rings is 2. The maximum atomic E-state index is 13.7. The summed E-state index contributed by atoms with van der Waals surface area (Å²) in [5.74, 6) is -0.0328. The van der Waals surface area contributed by atoms with Crippen LogP contribution in [-0.2, 0) is 22.9 Å². The van der Waals surface area contributed by atoms with Crippen molar-refractivity contribution in [3.8, 4) is 11.3 Å². The third-order valence-electron chi connectivity index (χ3n) is 7.14. The SMILES string of the molecule is CC(C)(C)c1ccc(Nc2nc(CN3CCC[C@@H]3C(=O)O)nc3cc(-c4ncccc4C(F)(F)F)ccc23)cc1. The van der Waals surface area contributed by atoms with Crippen molar-refractivity contribution in [1.29, 1.82) is 0 Å². The molecule has 208 valence electrons. The first-order chi connectivity index (χ1) is 18.9. The van der Waals surface area contributed by atoms with Crippen LogP contribution in [0.3, 0.4) is 0 Å². The highest BCUT2D eigenvalue weighted by Gasteiger charge is 2.34. The van der Waals surface area contributed by atoms with Crippen LogP contribution in [0.2, 0.25) is 0 Å². The Morgan fingerprint density at radius 2 is 1.82 bits per heavy atom. The number of aromatic nitrogens is 3. The third kappa shape index (κ3) is 5.77. The Morgan fingerprint density at radius 1 is 1.07 bits per heavy atom. The zero-order valence-electron chi connectivity index (χ0n) is 22.5. The summed E-state index contributed by atoms with van der Waals surface area (Å²) in [6, 6.07) is 14.4. The number of carboxylic acids is 1. The summed E-state index contributed by atoms with van der Waals surface area (Å²) >= 11 is 0. The zero-order valence-corrected chi connectivity index (χ0v) is 22.5. The molecule has 7 nitrogen and oxygen atoms in total. The van der Waals surface area contributed by atoms with E-state index in [2.05, 4.69) is 36.1 Å². The summed E-state index contributed by atoms with van der Waals surface area (Å²) in [6.45, 7) is 7.19. The van der Waals surface area contributed by atoms with Crippen LogP contribution in [-0.4, -0.2) is 43.5 Å². The molecule has 1 fully saturated rings. The largest absolute Gasteiger partial charge is 0.480 e. The molecule has 4 aromatic rings. The van der Waals surface area contributed by atoms with E-state index in [-0.39, 0.29) is 23.2 Å². The number of fused-ring (bicyclic) bond motifs is 1. The minimum atomic E-state index is -4.57.